The van der Waals surface area contributed by atoms with Crippen LogP contribution in [-0.2, 0) is 23.9 Å². The van der Waals surface area contributed by atoms with Gasteiger partial charge in [-0.25, -0.2) is 0 Å². The maximum Gasteiger partial charge on any atom is 0.306 e. The lowest BCUT2D eigenvalue weighted by atomic mass is 9.90. The summed E-state index contributed by atoms with van der Waals surface area (Å²) in [6.45, 7) is 14.2. The number of nitrogens with zero attached hydrogens (tertiary/aromatic N) is 1. The zero-order chi connectivity index (χ0) is 40.1. The molecule has 0 spiro atoms. The van der Waals surface area contributed by atoms with Crippen molar-refractivity contribution in [1.29, 1.82) is 0 Å². The second-order valence-corrected chi connectivity index (χ2v) is 17.4. The Hall–Kier alpha value is -1.34. The summed E-state index contributed by atoms with van der Waals surface area (Å²) in [5, 5.41) is 0.0429. The van der Waals surface area contributed by atoms with Crippen LogP contribution in [-0.4, -0.2) is 60.6 Å². The average Bonchev–Trinajstić information content (AvgIpc) is 3.14. The predicted octanol–water partition coefficient (Wildman–Crippen LogP) is 14.0. The summed E-state index contributed by atoms with van der Waals surface area (Å²) < 4.78 is 12.2. The Morgan fingerprint density at radius 3 is 1.19 bits per heavy atom. The molecule has 0 fully saturated rings. The monoisotopic (exact) mass is 780 g/mol. The van der Waals surface area contributed by atoms with E-state index in [1.165, 1.54) is 114 Å². The van der Waals surface area contributed by atoms with E-state index in [0.29, 0.717) is 44.1 Å². The van der Waals surface area contributed by atoms with Gasteiger partial charge >= 0.3 is 11.9 Å². The molecule has 318 valence electrons. The molecule has 0 aliphatic carbocycles. The highest BCUT2D eigenvalue weighted by molar-refractivity contribution is 8.14. The van der Waals surface area contributed by atoms with E-state index in [9.17, 15) is 14.4 Å². The zero-order valence-corrected chi connectivity index (χ0v) is 37.5. The average molecular weight is 780 g/mol. The molecule has 0 aromatic carbocycles. The molecular formula is C47H89NO5S. The third-order valence-corrected chi connectivity index (χ3v) is 11.7. The van der Waals surface area contributed by atoms with E-state index in [0.717, 1.165) is 70.1 Å². The second kappa shape index (κ2) is 38.5. The molecule has 0 aliphatic rings. The van der Waals surface area contributed by atoms with Gasteiger partial charge < -0.3 is 14.4 Å². The van der Waals surface area contributed by atoms with Crippen LogP contribution in [0.2, 0.25) is 0 Å². The smallest absolute Gasteiger partial charge is 0.306 e. The SMILES string of the molecule is C=C(C(=O)SCCCN(C)C)C(CCCC(=O)OC(CCCCCCC)CCCCCCC)CCCC(=O)OC(CCCCCCC)CCCCCCC. The zero-order valence-electron chi connectivity index (χ0n) is 36.7. The largest absolute Gasteiger partial charge is 0.462 e. The molecule has 6 nitrogen and oxygen atoms in total. The lowest BCUT2D eigenvalue weighted by molar-refractivity contribution is -0.150. The maximum atomic E-state index is 13.2. The molecule has 0 aliphatic heterocycles. The van der Waals surface area contributed by atoms with Crippen molar-refractivity contribution in [3.05, 3.63) is 12.2 Å². The third-order valence-electron chi connectivity index (χ3n) is 10.7. The van der Waals surface area contributed by atoms with Crippen LogP contribution in [0.15, 0.2) is 12.2 Å². The Bertz CT molecular complexity index is 829. The molecule has 0 rings (SSSR count). The van der Waals surface area contributed by atoms with Crippen LogP contribution < -0.4 is 0 Å². The minimum Gasteiger partial charge on any atom is -0.462 e. The van der Waals surface area contributed by atoms with Crippen LogP contribution in [0.1, 0.15) is 227 Å². The van der Waals surface area contributed by atoms with Gasteiger partial charge in [-0.15, -0.1) is 0 Å². The summed E-state index contributed by atoms with van der Waals surface area (Å²) in [5.41, 5.74) is 0.626. The molecule has 54 heavy (non-hydrogen) atoms. The lowest BCUT2D eigenvalue weighted by Crippen LogP contribution is -2.20. The number of carbonyl (C=O) groups is 3. The summed E-state index contributed by atoms with van der Waals surface area (Å²) in [4.78, 5) is 41.6. The Morgan fingerprint density at radius 2 is 0.852 bits per heavy atom. The number of rotatable bonds is 40. The van der Waals surface area contributed by atoms with Crippen molar-refractivity contribution < 1.29 is 23.9 Å². The fourth-order valence-corrected chi connectivity index (χ4v) is 8.01. The number of carbonyl (C=O) groups excluding carboxylic acids is 3. The van der Waals surface area contributed by atoms with E-state index in [-0.39, 0.29) is 35.2 Å². The van der Waals surface area contributed by atoms with Crippen molar-refractivity contribution in [1.82, 2.24) is 4.90 Å². The standard InChI is InChI=1S/C47H89NO5S/c1-8-12-16-20-24-33-43(34-25-21-17-13-9-2)52-45(49)37-28-31-42(41(5)47(51)54-40-30-39-48(6)7)32-29-38-46(50)53-44(35-26-22-18-14-10-3)36-27-23-19-15-11-4/h42-44H,5,8-40H2,1-4,6-7H3. The van der Waals surface area contributed by atoms with E-state index in [1.807, 2.05) is 14.1 Å². The highest BCUT2D eigenvalue weighted by Crippen LogP contribution is 2.28. The Kier molecular flexibility index (Phi) is 37.6. The first-order valence-electron chi connectivity index (χ1n) is 23.1. The first-order chi connectivity index (χ1) is 26.2. The van der Waals surface area contributed by atoms with Crippen LogP contribution >= 0.6 is 11.8 Å². The van der Waals surface area contributed by atoms with Gasteiger partial charge in [0.1, 0.15) is 12.2 Å². The first kappa shape index (κ1) is 52.7. The number of ether oxygens (including phenoxy) is 2. The molecule has 0 unspecified atom stereocenters. The highest BCUT2D eigenvalue weighted by Gasteiger charge is 2.22. The first-order valence-corrected chi connectivity index (χ1v) is 24.1. The molecule has 0 bridgehead atoms. The van der Waals surface area contributed by atoms with Crippen LogP contribution in [0.4, 0.5) is 0 Å². The van der Waals surface area contributed by atoms with Gasteiger partial charge in [0.25, 0.3) is 0 Å². The van der Waals surface area contributed by atoms with E-state index in [4.69, 9.17) is 9.47 Å². The van der Waals surface area contributed by atoms with E-state index < -0.39 is 0 Å². The van der Waals surface area contributed by atoms with E-state index >= 15 is 0 Å². The molecular weight excluding hydrogens is 691 g/mol. The van der Waals surface area contributed by atoms with Crippen molar-refractivity contribution >= 4 is 28.8 Å². The predicted molar refractivity (Wildman–Crippen MR) is 234 cm³/mol. The fourth-order valence-electron chi connectivity index (χ4n) is 7.20. The maximum absolute atomic E-state index is 13.2. The number of thioether (sulfide) groups is 1. The van der Waals surface area contributed by atoms with Gasteiger partial charge in [0.15, 0.2) is 0 Å². The molecule has 0 saturated carbocycles. The highest BCUT2D eigenvalue weighted by atomic mass is 32.2. The number of esters is 2. The molecule has 0 atom stereocenters. The fraction of sp³-hybridized carbons (Fsp3) is 0.894. The van der Waals surface area contributed by atoms with Crippen LogP contribution in [0.3, 0.4) is 0 Å². The summed E-state index contributed by atoms with van der Waals surface area (Å²) in [5.74, 6) is 0.475. The van der Waals surface area contributed by atoms with E-state index in [1.54, 1.807) is 0 Å². The molecule has 0 radical (unpaired) electrons. The van der Waals surface area contributed by atoms with Crippen molar-refractivity contribution in [3.63, 3.8) is 0 Å². The number of hydrogen-bond donors (Lipinski definition) is 0. The van der Waals surface area contributed by atoms with Gasteiger partial charge in [-0.2, -0.15) is 0 Å². The summed E-state index contributed by atoms with van der Waals surface area (Å²) >= 11 is 1.35. The van der Waals surface area contributed by atoms with Crippen molar-refractivity contribution in [2.75, 3.05) is 26.4 Å². The Balaban J connectivity index is 5.25. The number of unbranched alkanes of at least 4 members (excludes halogenated alkanes) is 16. The summed E-state index contributed by atoms with van der Waals surface area (Å²) in [6, 6.07) is 0. The normalized spacial score (nSPS) is 11.7. The second-order valence-electron chi connectivity index (χ2n) is 16.3. The van der Waals surface area contributed by atoms with Gasteiger partial charge in [-0.05, 0) is 110 Å². The lowest BCUT2D eigenvalue weighted by Gasteiger charge is -2.21. The van der Waals surface area contributed by atoms with Gasteiger partial charge in [-0.1, -0.05) is 149 Å². The third kappa shape index (κ3) is 32.9. The summed E-state index contributed by atoms with van der Waals surface area (Å²) in [7, 11) is 4.09. The molecule has 0 aromatic rings. The molecule has 0 N–H and O–H groups in total. The Labute approximate surface area is 339 Å². The molecule has 0 aromatic heterocycles. The minimum atomic E-state index is -0.116. The van der Waals surface area contributed by atoms with Crippen LogP contribution in [0, 0.1) is 5.92 Å². The van der Waals surface area contributed by atoms with Gasteiger partial charge in [-0.3, -0.25) is 14.4 Å². The summed E-state index contributed by atoms with van der Waals surface area (Å²) in [6.07, 6.45) is 32.5. The number of hydrogen-bond acceptors (Lipinski definition) is 7. The van der Waals surface area contributed by atoms with Gasteiger partial charge in [0.05, 0.1) is 0 Å². The molecule has 0 saturated heterocycles. The van der Waals surface area contributed by atoms with E-state index in [2.05, 4.69) is 39.2 Å². The van der Waals surface area contributed by atoms with Crippen molar-refractivity contribution in [3.8, 4) is 0 Å². The Morgan fingerprint density at radius 1 is 0.500 bits per heavy atom. The quantitative estimate of drug-likeness (QED) is 0.0348. The van der Waals surface area contributed by atoms with Crippen LogP contribution in [0.25, 0.3) is 0 Å². The molecule has 7 heteroatoms. The van der Waals surface area contributed by atoms with Gasteiger partial charge in [0, 0.05) is 24.2 Å². The minimum absolute atomic E-state index is 0.00850. The molecule has 0 amide bonds. The topological polar surface area (TPSA) is 72.9 Å². The van der Waals surface area contributed by atoms with Crippen LogP contribution in [0.5, 0.6) is 0 Å². The van der Waals surface area contributed by atoms with Crippen molar-refractivity contribution in [2.45, 2.75) is 239 Å². The van der Waals surface area contributed by atoms with Crippen molar-refractivity contribution in [2.24, 2.45) is 5.92 Å². The molecule has 0 heterocycles. The van der Waals surface area contributed by atoms with Gasteiger partial charge in [0.2, 0.25) is 5.12 Å².